The quantitative estimate of drug-likeness (QED) is 0.763. The average molecular weight is 254 g/mol. The monoisotopic (exact) mass is 254 g/mol. The first-order valence-corrected chi connectivity index (χ1v) is 8.51. The summed E-state index contributed by atoms with van der Waals surface area (Å²) in [6, 6.07) is 0. The van der Waals surface area contributed by atoms with Crippen LogP contribution in [0.15, 0.2) is 0 Å². The summed E-state index contributed by atoms with van der Waals surface area (Å²) in [4.78, 5) is 0. The minimum absolute atomic E-state index is 0.269. The third-order valence-electron chi connectivity index (χ3n) is 4.88. The average Bonchev–Trinajstić information content (AvgIpc) is 3.24. The maximum Gasteiger partial charge on any atom is 0.0395 e. The first-order chi connectivity index (χ1) is 8.33. The molecule has 3 rings (SSSR count). The molecule has 3 heteroatoms. The van der Waals surface area contributed by atoms with Gasteiger partial charge < -0.3 is 11.1 Å². The number of rotatable bonds is 6. The Bertz CT molecular complexity index is 243. The molecule has 1 aliphatic heterocycles. The van der Waals surface area contributed by atoms with Crippen LogP contribution in [0.5, 0.6) is 0 Å². The van der Waals surface area contributed by atoms with E-state index in [1.807, 2.05) is 0 Å². The van der Waals surface area contributed by atoms with Crippen LogP contribution in [0.3, 0.4) is 0 Å². The molecule has 0 aromatic heterocycles. The molecule has 98 valence electrons. The summed E-state index contributed by atoms with van der Waals surface area (Å²) >= 11 is 2.08. The zero-order valence-corrected chi connectivity index (χ0v) is 11.6. The van der Waals surface area contributed by atoms with E-state index in [9.17, 15) is 0 Å². The van der Waals surface area contributed by atoms with Crippen LogP contribution in [-0.2, 0) is 0 Å². The van der Waals surface area contributed by atoms with E-state index in [0.717, 1.165) is 24.3 Å². The van der Waals surface area contributed by atoms with E-state index in [1.165, 1.54) is 56.6 Å². The highest BCUT2D eigenvalue weighted by Crippen LogP contribution is 2.49. The van der Waals surface area contributed by atoms with Crippen molar-refractivity contribution in [1.29, 1.82) is 0 Å². The van der Waals surface area contributed by atoms with E-state index in [0.29, 0.717) is 0 Å². The Morgan fingerprint density at radius 1 is 1.24 bits per heavy atom. The molecule has 2 nitrogen and oxygen atoms in total. The first-order valence-electron chi connectivity index (χ1n) is 7.36. The third-order valence-corrected chi connectivity index (χ3v) is 6.21. The molecule has 17 heavy (non-hydrogen) atoms. The van der Waals surface area contributed by atoms with Gasteiger partial charge in [0.1, 0.15) is 0 Å². The van der Waals surface area contributed by atoms with Crippen LogP contribution in [0.4, 0.5) is 0 Å². The molecular weight excluding hydrogens is 228 g/mol. The molecule has 0 spiro atoms. The summed E-state index contributed by atoms with van der Waals surface area (Å²) in [5.74, 6) is 5.65. The number of nitrogens with two attached hydrogens (primary N) is 1. The standard InChI is InChI=1S/C14H26N2S/c15-9-14(6-1-7-17-10-14)16-8-13(11-2-3-11)12-4-5-12/h11-13,16H,1-10,15H2. The Morgan fingerprint density at radius 3 is 2.41 bits per heavy atom. The van der Waals surface area contributed by atoms with Crippen molar-refractivity contribution in [1.82, 2.24) is 5.32 Å². The van der Waals surface area contributed by atoms with Crippen molar-refractivity contribution in [3.63, 3.8) is 0 Å². The van der Waals surface area contributed by atoms with Crippen LogP contribution in [-0.4, -0.2) is 30.1 Å². The van der Waals surface area contributed by atoms with Gasteiger partial charge in [-0.05, 0) is 68.6 Å². The second-order valence-electron chi connectivity index (χ2n) is 6.36. The SMILES string of the molecule is NCC1(NCC(C2CC2)C2CC2)CCCSC1. The van der Waals surface area contributed by atoms with Gasteiger partial charge in [0.25, 0.3) is 0 Å². The molecule has 0 radical (unpaired) electrons. The summed E-state index contributed by atoms with van der Waals surface area (Å²) in [6.07, 6.45) is 8.60. The lowest BCUT2D eigenvalue weighted by atomic mass is 9.92. The lowest BCUT2D eigenvalue weighted by Crippen LogP contribution is -2.56. The lowest BCUT2D eigenvalue weighted by Gasteiger charge is -2.38. The Hall–Kier alpha value is 0.270. The van der Waals surface area contributed by atoms with Gasteiger partial charge in [0.2, 0.25) is 0 Å². The van der Waals surface area contributed by atoms with Crippen molar-refractivity contribution < 1.29 is 0 Å². The topological polar surface area (TPSA) is 38.0 Å². The van der Waals surface area contributed by atoms with Gasteiger partial charge in [-0.1, -0.05) is 0 Å². The number of hydrogen-bond acceptors (Lipinski definition) is 3. The highest BCUT2D eigenvalue weighted by molar-refractivity contribution is 7.99. The van der Waals surface area contributed by atoms with Crippen molar-refractivity contribution >= 4 is 11.8 Å². The summed E-state index contributed by atoms with van der Waals surface area (Å²) in [6.45, 7) is 2.06. The lowest BCUT2D eigenvalue weighted by molar-refractivity contribution is 0.282. The van der Waals surface area contributed by atoms with Crippen LogP contribution < -0.4 is 11.1 Å². The van der Waals surface area contributed by atoms with Gasteiger partial charge in [-0.25, -0.2) is 0 Å². The van der Waals surface area contributed by atoms with Gasteiger partial charge in [-0.2, -0.15) is 11.8 Å². The van der Waals surface area contributed by atoms with Crippen molar-refractivity contribution in [3.8, 4) is 0 Å². The van der Waals surface area contributed by atoms with Gasteiger partial charge in [-0.3, -0.25) is 0 Å². The Balaban J connectivity index is 1.53. The van der Waals surface area contributed by atoms with E-state index in [2.05, 4.69) is 17.1 Å². The van der Waals surface area contributed by atoms with E-state index in [-0.39, 0.29) is 5.54 Å². The summed E-state index contributed by atoms with van der Waals surface area (Å²) in [5.41, 5.74) is 6.30. The van der Waals surface area contributed by atoms with Crippen LogP contribution in [0.2, 0.25) is 0 Å². The third kappa shape index (κ3) is 2.99. The van der Waals surface area contributed by atoms with Gasteiger partial charge in [-0.15, -0.1) is 0 Å². The van der Waals surface area contributed by atoms with E-state index in [1.54, 1.807) is 0 Å². The Kier molecular flexibility index (Phi) is 3.69. The predicted octanol–water partition coefficient (Wildman–Crippen LogP) is 2.24. The van der Waals surface area contributed by atoms with Crippen LogP contribution >= 0.6 is 11.8 Å². The molecule has 2 saturated carbocycles. The van der Waals surface area contributed by atoms with Crippen LogP contribution in [0, 0.1) is 17.8 Å². The van der Waals surface area contributed by atoms with Gasteiger partial charge in [0, 0.05) is 17.8 Å². The molecule has 2 aliphatic carbocycles. The van der Waals surface area contributed by atoms with Crippen LogP contribution in [0.25, 0.3) is 0 Å². The smallest absolute Gasteiger partial charge is 0.0395 e. The van der Waals surface area contributed by atoms with Crippen molar-refractivity contribution in [3.05, 3.63) is 0 Å². The fraction of sp³-hybridized carbons (Fsp3) is 1.00. The highest BCUT2D eigenvalue weighted by atomic mass is 32.2. The Morgan fingerprint density at radius 2 is 1.94 bits per heavy atom. The number of nitrogens with one attached hydrogen (secondary N) is 1. The zero-order chi connectivity index (χ0) is 11.7. The molecule has 0 amide bonds. The molecule has 1 unspecified atom stereocenters. The molecule has 1 saturated heterocycles. The van der Waals surface area contributed by atoms with Crippen molar-refractivity contribution in [2.24, 2.45) is 23.5 Å². The largest absolute Gasteiger partial charge is 0.329 e. The second-order valence-corrected chi connectivity index (χ2v) is 7.47. The molecular formula is C14H26N2S. The van der Waals surface area contributed by atoms with Gasteiger partial charge in [0.05, 0.1) is 0 Å². The fourth-order valence-corrected chi connectivity index (χ4v) is 4.57. The summed E-state index contributed by atoms with van der Waals surface area (Å²) in [7, 11) is 0. The Labute approximate surface area is 109 Å². The van der Waals surface area contributed by atoms with E-state index in [4.69, 9.17) is 5.73 Å². The fourth-order valence-electron chi connectivity index (χ4n) is 3.33. The second kappa shape index (κ2) is 5.10. The van der Waals surface area contributed by atoms with E-state index >= 15 is 0 Å². The summed E-state index contributed by atoms with van der Waals surface area (Å²) < 4.78 is 0. The number of hydrogen-bond donors (Lipinski definition) is 2. The predicted molar refractivity (Wildman–Crippen MR) is 75.3 cm³/mol. The minimum atomic E-state index is 0.269. The molecule has 3 fully saturated rings. The van der Waals surface area contributed by atoms with Gasteiger partial charge >= 0.3 is 0 Å². The molecule has 3 aliphatic rings. The summed E-state index contributed by atoms with van der Waals surface area (Å²) in [5, 5.41) is 3.88. The minimum Gasteiger partial charge on any atom is -0.329 e. The maximum atomic E-state index is 6.03. The molecule has 1 atom stereocenters. The zero-order valence-electron chi connectivity index (χ0n) is 10.8. The molecule has 0 aromatic rings. The van der Waals surface area contributed by atoms with Gasteiger partial charge in [0.15, 0.2) is 0 Å². The maximum absolute atomic E-state index is 6.03. The molecule has 1 heterocycles. The molecule has 0 aromatic carbocycles. The highest BCUT2D eigenvalue weighted by Gasteiger charge is 2.42. The van der Waals surface area contributed by atoms with E-state index < -0.39 is 0 Å². The molecule has 0 bridgehead atoms. The normalized spacial score (nSPS) is 34.2. The number of thioether (sulfide) groups is 1. The van der Waals surface area contributed by atoms with Crippen LogP contribution in [0.1, 0.15) is 38.5 Å². The first kappa shape index (κ1) is 12.3. The molecule has 3 N–H and O–H groups in total. The van der Waals surface area contributed by atoms with Crippen molar-refractivity contribution in [2.75, 3.05) is 24.6 Å². The van der Waals surface area contributed by atoms with Crippen molar-refractivity contribution in [2.45, 2.75) is 44.1 Å².